The van der Waals surface area contributed by atoms with Gasteiger partial charge in [0.2, 0.25) is 0 Å². The highest BCUT2D eigenvalue weighted by Crippen LogP contribution is 2.29. The maximum atomic E-state index is 13.8. The lowest BCUT2D eigenvalue weighted by Gasteiger charge is -2.15. The minimum Gasteiger partial charge on any atom is -0.327 e. The highest BCUT2D eigenvalue weighted by Gasteiger charge is 2.22. The van der Waals surface area contributed by atoms with Crippen molar-refractivity contribution in [2.24, 2.45) is 5.73 Å². The van der Waals surface area contributed by atoms with Crippen molar-refractivity contribution in [2.45, 2.75) is 25.3 Å². The molecule has 1 heterocycles. The number of hydrogen-bond donors (Lipinski definition) is 2. The number of anilines is 1. The summed E-state index contributed by atoms with van der Waals surface area (Å²) in [7, 11) is 0. The van der Waals surface area contributed by atoms with Gasteiger partial charge in [-0.3, -0.25) is 10.1 Å². The van der Waals surface area contributed by atoms with Crippen molar-refractivity contribution in [3.8, 4) is 0 Å². The zero-order valence-electron chi connectivity index (χ0n) is 11.0. The number of nitrogens with one attached hydrogen (secondary N) is 1. The van der Waals surface area contributed by atoms with Crippen LogP contribution in [0.3, 0.4) is 0 Å². The molecule has 1 amide bonds. The number of fused-ring (bicyclic) bond motifs is 1. The molecule has 1 aliphatic rings. The highest BCUT2D eigenvalue weighted by molar-refractivity contribution is 7.15. The Morgan fingerprint density at radius 1 is 1.52 bits per heavy atom. The summed E-state index contributed by atoms with van der Waals surface area (Å²) in [5.41, 5.74) is 6.80. The van der Waals surface area contributed by atoms with Crippen LogP contribution in [0.15, 0.2) is 18.2 Å². The lowest BCUT2D eigenvalue weighted by molar-refractivity contribution is 0.102. The minimum absolute atomic E-state index is 0.0768. The summed E-state index contributed by atoms with van der Waals surface area (Å²) >= 11 is 7.07. The lowest BCUT2D eigenvalue weighted by atomic mass is 9.99. The quantitative estimate of drug-likeness (QED) is 0.892. The van der Waals surface area contributed by atoms with Gasteiger partial charge in [-0.25, -0.2) is 9.37 Å². The number of nitrogens with zero attached hydrogens (tertiary/aromatic N) is 1. The van der Waals surface area contributed by atoms with Crippen molar-refractivity contribution in [1.29, 1.82) is 0 Å². The van der Waals surface area contributed by atoms with Crippen LogP contribution < -0.4 is 11.1 Å². The Morgan fingerprint density at radius 3 is 3.14 bits per heavy atom. The molecular formula is C14H13ClFN3OS. The van der Waals surface area contributed by atoms with Crippen molar-refractivity contribution in [1.82, 2.24) is 4.98 Å². The van der Waals surface area contributed by atoms with Crippen molar-refractivity contribution in [2.75, 3.05) is 5.32 Å². The number of carbonyl (C=O) groups excluding carboxylic acids is 1. The molecule has 0 saturated heterocycles. The van der Waals surface area contributed by atoms with Crippen LogP contribution in [0.25, 0.3) is 0 Å². The Morgan fingerprint density at radius 2 is 2.33 bits per heavy atom. The smallest absolute Gasteiger partial charge is 0.260 e. The van der Waals surface area contributed by atoms with Gasteiger partial charge in [-0.1, -0.05) is 17.7 Å². The Balaban J connectivity index is 1.81. The van der Waals surface area contributed by atoms with Gasteiger partial charge in [0.1, 0.15) is 0 Å². The molecule has 3 N–H and O–H groups in total. The minimum atomic E-state index is -0.722. The van der Waals surface area contributed by atoms with Gasteiger partial charge >= 0.3 is 0 Å². The molecule has 0 bridgehead atoms. The molecule has 1 atom stereocenters. The number of aromatic nitrogens is 1. The molecule has 1 aromatic heterocycles. The summed E-state index contributed by atoms with van der Waals surface area (Å²) in [6, 6.07) is 4.47. The third-order valence-electron chi connectivity index (χ3n) is 3.39. The van der Waals surface area contributed by atoms with E-state index in [0.29, 0.717) is 5.13 Å². The summed E-state index contributed by atoms with van der Waals surface area (Å²) in [4.78, 5) is 17.6. The van der Waals surface area contributed by atoms with Crippen molar-refractivity contribution in [3.63, 3.8) is 0 Å². The van der Waals surface area contributed by atoms with Gasteiger partial charge in [0.15, 0.2) is 10.9 Å². The van der Waals surface area contributed by atoms with Crippen molar-refractivity contribution >= 4 is 34.0 Å². The average molecular weight is 326 g/mol. The van der Waals surface area contributed by atoms with E-state index in [-0.39, 0.29) is 16.6 Å². The first kappa shape index (κ1) is 14.4. The molecule has 0 saturated carbocycles. The number of amides is 1. The normalized spacial score (nSPS) is 17.4. The van der Waals surface area contributed by atoms with Crippen molar-refractivity contribution < 1.29 is 9.18 Å². The number of thiazole rings is 1. The Bertz CT molecular complexity index is 704. The number of aryl methyl sites for hydroxylation is 1. The highest BCUT2D eigenvalue weighted by atomic mass is 35.5. The van der Waals surface area contributed by atoms with Gasteiger partial charge < -0.3 is 5.73 Å². The van der Waals surface area contributed by atoms with E-state index >= 15 is 0 Å². The predicted molar refractivity (Wildman–Crippen MR) is 81.5 cm³/mol. The molecule has 4 nitrogen and oxygen atoms in total. The molecule has 1 aromatic carbocycles. The first-order valence-electron chi connectivity index (χ1n) is 6.54. The summed E-state index contributed by atoms with van der Waals surface area (Å²) in [6.45, 7) is 0. The van der Waals surface area contributed by atoms with Crippen molar-refractivity contribution in [3.05, 3.63) is 45.2 Å². The van der Waals surface area contributed by atoms with Gasteiger partial charge in [-0.15, -0.1) is 11.3 Å². The molecule has 2 aromatic rings. The molecule has 0 fully saturated rings. The summed E-state index contributed by atoms with van der Waals surface area (Å²) in [6.07, 6.45) is 2.48. The number of rotatable bonds is 2. The van der Waals surface area contributed by atoms with Gasteiger partial charge in [0.05, 0.1) is 16.3 Å². The summed E-state index contributed by atoms with van der Waals surface area (Å²) in [5.74, 6) is -1.27. The van der Waals surface area contributed by atoms with Gasteiger partial charge in [0, 0.05) is 10.9 Å². The topological polar surface area (TPSA) is 68.0 Å². The van der Waals surface area contributed by atoms with E-state index in [1.165, 1.54) is 29.5 Å². The van der Waals surface area contributed by atoms with E-state index in [0.717, 1.165) is 29.8 Å². The van der Waals surface area contributed by atoms with Crippen LogP contribution in [0.1, 0.15) is 27.3 Å². The lowest BCUT2D eigenvalue weighted by Crippen LogP contribution is -2.27. The molecule has 21 heavy (non-hydrogen) atoms. The maximum Gasteiger partial charge on any atom is 0.260 e. The van der Waals surface area contributed by atoms with Crippen LogP contribution in [0.2, 0.25) is 5.02 Å². The molecular weight excluding hydrogens is 313 g/mol. The molecule has 0 spiro atoms. The fourth-order valence-electron chi connectivity index (χ4n) is 2.30. The molecule has 3 rings (SSSR count). The van der Waals surface area contributed by atoms with Crippen LogP contribution in [0.5, 0.6) is 0 Å². The SMILES string of the molecule is N[C@H]1CCc2nc(NC(=O)c3cccc(Cl)c3F)sc2C1. The third kappa shape index (κ3) is 2.92. The van der Waals surface area contributed by atoms with E-state index in [4.69, 9.17) is 17.3 Å². The zero-order chi connectivity index (χ0) is 15.0. The standard InChI is InChI=1S/C14H13ClFN3OS/c15-9-3-1-2-8(12(9)16)13(20)19-14-18-10-5-4-7(17)6-11(10)21-14/h1-3,7H,4-6,17H2,(H,18,19,20)/t7-/m0/s1. The van der Waals surface area contributed by atoms with Crippen LogP contribution in [0, 0.1) is 5.82 Å². The number of carbonyl (C=O) groups is 1. The first-order valence-corrected chi connectivity index (χ1v) is 7.73. The van der Waals surface area contributed by atoms with E-state index in [1.54, 1.807) is 0 Å². The van der Waals surface area contributed by atoms with Crippen LogP contribution >= 0.6 is 22.9 Å². The fourth-order valence-corrected chi connectivity index (χ4v) is 3.57. The van der Waals surface area contributed by atoms with E-state index in [9.17, 15) is 9.18 Å². The second-order valence-corrected chi connectivity index (χ2v) is 6.44. The molecule has 0 aliphatic heterocycles. The number of nitrogens with two attached hydrogens (primary N) is 1. The monoisotopic (exact) mass is 325 g/mol. The van der Waals surface area contributed by atoms with E-state index in [1.807, 2.05) is 0 Å². The largest absolute Gasteiger partial charge is 0.327 e. The summed E-state index contributed by atoms with van der Waals surface area (Å²) < 4.78 is 13.8. The van der Waals surface area contributed by atoms with Crippen LogP contribution in [-0.2, 0) is 12.8 Å². The second kappa shape index (κ2) is 5.71. The summed E-state index contributed by atoms with van der Waals surface area (Å²) in [5, 5.41) is 3.02. The fraction of sp³-hybridized carbons (Fsp3) is 0.286. The van der Waals surface area contributed by atoms with Gasteiger partial charge in [-0.05, 0) is 31.4 Å². The average Bonchev–Trinajstić information content (AvgIpc) is 2.83. The first-order chi connectivity index (χ1) is 10.0. The molecule has 1 aliphatic carbocycles. The Hall–Kier alpha value is -1.50. The molecule has 0 unspecified atom stereocenters. The van der Waals surface area contributed by atoms with Gasteiger partial charge in [-0.2, -0.15) is 0 Å². The number of benzene rings is 1. The Labute approximate surface area is 130 Å². The second-order valence-electron chi connectivity index (χ2n) is 4.95. The Kier molecular flexibility index (Phi) is 3.93. The maximum absolute atomic E-state index is 13.8. The van der Waals surface area contributed by atoms with E-state index in [2.05, 4.69) is 10.3 Å². The zero-order valence-corrected chi connectivity index (χ0v) is 12.6. The van der Waals surface area contributed by atoms with E-state index < -0.39 is 11.7 Å². The third-order valence-corrected chi connectivity index (χ3v) is 4.72. The number of halogens is 2. The van der Waals surface area contributed by atoms with Gasteiger partial charge in [0.25, 0.3) is 5.91 Å². The molecule has 7 heteroatoms. The number of hydrogen-bond acceptors (Lipinski definition) is 4. The van der Waals surface area contributed by atoms with Crippen LogP contribution in [0.4, 0.5) is 9.52 Å². The molecule has 0 radical (unpaired) electrons. The van der Waals surface area contributed by atoms with Crippen LogP contribution in [-0.4, -0.2) is 16.9 Å². The molecule has 110 valence electrons. The predicted octanol–water partition coefficient (Wildman–Crippen LogP) is 3.00.